The normalized spacial score (nSPS) is 14.2. The van der Waals surface area contributed by atoms with Gasteiger partial charge in [0, 0.05) is 0 Å². The highest BCUT2D eigenvalue weighted by atomic mass is 19.4. The zero-order valence-corrected chi connectivity index (χ0v) is 10.2. The lowest BCUT2D eigenvalue weighted by Gasteiger charge is -2.11. The molecule has 0 unspecified atom stereocenters. The first kappa shape index (κ1) is 14.6. The Morgan fingerprint density at radius 1 is 1.28 bits per heavy atom. The minimum absolute atomic E-state index is 0.0154. The third-order valence-electron chi connectivity index (χ3n) is 2.10. The van der Waals surface area contributed by atoms with E-state index in [4.69, 9.17) is 10.5 Å². The van der Waals surface area contributed by atoms with Crippen molar-refractivity contribution in [1.82, 2.24) is 0 Å². The molecule has 0 aliphatic heterocycles. The Morgan fingerprint density at radius 2 is 1.94 bits per heavy atom. The highest BCUT2D eigenvalue weighted by Crippen LogP contribution is 2.21. The van der Waals surface area contributed by atoms with Gasteiger partial charge in [0.25, 0.3) is 0 Å². The van der Waals surface area contributed by atoms with Crippen LogP contribution in [0.5, 0.6) is 5.75 Å². The lowest BCUT2D eigenvalue weighted by Crippen LogP contribution is -2.35. The van der Waals surface area contributed by atoms with Gasteiger partial charge in [-0.2, -0.15) is 13.2 Å². The zero-order valence-electron chi connectivity index (χ0n) is 10.2. The van der Waals surface area contributed by atoms with Crippen molar-refractivity contribution in [3.05, 3.63) is 35.9 Å². The standard InChI is InChI=1S/C13H16F3NO/c1-9(2)18-11-5-3-4-10(8-11)6-7-12(17)13(14,15)16/h3-9,12H,17H2,1-2H3/t12-/m0/s1. The lowest BCUT2D eigenvalue weighted by atomic mass is 10.1. The summed E-state index contributed by atoms with van der Waals surface area (Å²) in [5.74, 6) is 0.618. The molecule has 1 aromatic carbocycles. The fourth-order valence-electron chi connectivity index (χ4n) is 1.29. The summed E-state index contributed by atoms with van der Waals surface area (Å²) in [5.41, 5.74) is 5.59. The van der Waals surface area contributed by atoms with Gasteiger partial charge >= 0.3 is 6.18 Å². The molecule has 0 saturated heterocycles. The summed E-state index contributed by atoms with van der Waals surface area (Å²) in [6.45, 7) is 3.75. The molecule has 0 aliphatic carbocycles. The van der Waals surface area contributed by atoms with E-state index in [2.05, 4.69) is 0 Å². The number of alkyl halides is 3. The van der Waals surface area contributed by atoms with Crippen molar-refractivity contribution in [3.63, 3.8) is 0 Å². The van der Waals surface area contributed by atoms with E-state index in [9.17, 15) is 13.2 Å². The van der Waals surface area contributed by atoms with E-state index >= 15 is 0 Å². The molecule has 100 valence electrons. The summed E-state index contributed by atoms with van der Waals surface area (Å²) in [5, 5.41) is 0. The van der Waals surface area contributed by atoms with Crippen molar-refractivity contribution >= 4 is 6.08 Å². The van der Waals surface area contributed by atoms with Gasteiger partial charge in [0.2, 0.25) is 0 Å². The van der Waals surface area contributed by atoms with Crippen LogP contribution in [-0.2, 0) is 0 Å². The lowest BCUT2D eigenvalue weighted by molar-refractivity contribution is -0.136. The summed E-state index contributed by atoms with van der Waals surface area (Å²) in [6.07, 6.45) is -2.13. The van der Waals surface area contributed by atoms with Crippen LogP contribution in [0.4, 0.5) is 13.2 Å². The monoisotopic (exact) mass is 259 g/mol. The van der Waals surface area contributed by atoms with Crippen molar-refractivity contribution in [3.8, 4) is 5.75 Å². The molecule has 0 radical (unpaired) electrons. The molecule has 5 heteroatoms. The Balaban J connectivity index is 2.76. The fraction of sp³-hybridized carbons (Fsp3) is 0.385. The average molecular weight is 259 g/mol. The van der Waals surface area contributed by atoms with Crippen molar-refractivity contribution in [1.29, 1.82) is 0 Å². The number of halogens is 3. The predicted molar refractivity (Wildman–Crippen MR) is 65.3 cm³/mol. The first-order valence-corrected chi connectivity index (χ1v) is 5.56. The number of rotatable bonds is 4. The van der Waals surface area contributed by atoms with Gasteiger partial charge in [-0.3, -0.25) is 0 Å². The first-order valence-electron chi connectivity index (χ1n) is 5.56. The van der Waals surface area contributed by atoms with E-state index < -0.39 is 12.2 Å². The van der Waals surface area contributed by atoms with Crippen LogP contribution in [0.2, 0.25) is 0 Å². The Hall–Kier alpha value is -1.49. The topological polar surface area (TPSA) is 35.2 Å². The van der Waals surface area contributed by atoms with Crippen LogP contribution in [-0.4, -0.2) is 18.3 Å². The third kappa shape index (κ3) is 4.79. The molecule has 1 atom stereocenters. The van der Waals surface area contributed by atoms with Gasteiger partial charge in [-0.25, -0.2) is 0 Å². The SMILES string of the molecule is CC(C)Oc1cccc(C=C[C@H](N)C(F)(F)F)c1. The summed E-state index contributed by atoms with van der Waals surface area (Å²) < 4.78 is 42.0. The minimum Gasteiger partial charge on any atom is -0.491 e. The van der Waals surface area contributed by atoms with Crippen LogP contribution in [0, 0.1) is 0 Å². The second kappa shape index (κ2) is 5.91. The number of hydrogen-bond acceptors (Lipinski definition) is 2. The molecule has 2 N–H and O–H groups in total. The Bertz CT molecular complexity index is 413. The molecule has 0 heterocycles. The maximum atomic E-state index is 12.2. The average Bonchev–Trinajstić information content (AvgIpc) is 2.24. The van der Waals surface area contributed by atoms with Gasteiger partial charge in [-0.05, 0) is 31.5 Å². The molecule has 0 spiro atoms. The highest BCUT2D eigenvalue weighted by molar-refractivity contribution is 5.52. The van der Waals surface area contributed by atoms with Gasteiger partial charge in [0.15, 0.2) is 0 Å². The van der Waals surface area contributed by atoms with E-state index in [0.717, 1.165) is 6.08 Å². The van der Waals surface area contributed by atoms with E-state index in [1.807, 2.05) is 13.8 Å². The van der Waals surface area contributed by atoms with E-state index in [1.54, 1.807) is 24.3 Å². The van der Waals surface area contributed by atoms with Crippen molar-refractivity contribution in [2.45, 2.75) is 32.2 Å². The maximum Gasteiger partial charge on any atom is 0.407 e. The second-order valence-electron chi connectivity index (χ2n) is 4.17. The van der Waals surface area contributed by atoms with Crippen LogP contribution in [0.25, 0.3) is 6.08 Å². The van der Waals surface area contributed by atoms with Crippen molar-refractivity contribution < 1.29 is 17.9 Å². The molecule has 1 rings (SSSR count). The molecule has 1 aromatic rings. The molecule has 0 aromatic heterocycles. The van der Waals surface area contributed by atoms with Crippen LogP contribution >= 0.6 is 0 Å². The molecule has 0 saturated carbocycles. The molecule has 0 aliphatic rings. The smallest absolute Gasteiger partial charge is 0.407 e. The van der Waals surface area contributed by atoms with Gasteiger partial charge in [0.05, 0.1) is 6.10 Å². The van der Waals surface area contributed by atoms with Gasteiger partial charge in [0.1, 0.15) is 11.8 Å². The molecule has 18 heavy (non-hydrogen) atoms. The summed E-state index contributed by atoms with van der Waals surface area (Å²) in [4.78, 5) is 0. The number of nitrogens with two attached hydrogens (primary N) is 1. The van der Waals surface area contributed by atoms with Crippen molar-refractivity contribution in [2.24, 2.45) is 5.73 Å². The molecule has 2 nitrogen and oxygen atoms in total. The van der Waals surface area contributed by atoms with E-state index in [-0.39, 0.29) is 6.10 Å². The fourth-order valence-corrected chi connectivity index (χ4v) is 1.29. The summed E-state index contributed by atoms with van der Waals surface area (Å²) >= 11 is 0. The van der Waals surface area contributed by atoms with Crippen LogP contribution in [0.1, 0.15) is 19.4 Å². The van der Waals surface area contributed by atoms with Gasteiger partial charge in [-0.1, -0.05) is 24.3 Å². The highest BCUT2D eigenvalue weighted by Gasteiger charge is 2.34. The van der Waals surface area contributed by atoms with Crippen LogP contribution in [0.15, 0.2) is 30.3 Å². The minimum atomic E-state index is -4.41. The molecule has 0 amide bonds. The number of hydrogen-bond donors (Lipinski definition) is 1. The predicted octanol–water partition coefficient (Wildman–Crippen LogP) is 3.38. The first-order chi connectivity index (χ1) is 8.29. The molecule has 0 fully saturated rings. The van der Waals surface area contributed by atoms with Crippen LogP contribution < -0.4 is 10.5 Å². The van der Waals surface area contributed by atoms with Crippen molar-refractivity contribution in [2.75, 3.05) is 0 Å². The van der Waals surface area contributed by atoms with E-state index in [0.29, 0.717) is 11.3 Å². The largest absolute Gasteiger partial charge is 0.491 e. The number of benzene rings is 1. The maximum absolute atomic E-state index is 12.2. The second-order valence-corrected chi connectivity index (χ2v) is 4.17. The summed E-state index contributed by atoms with van der Waals surface area (Å²) in [7, 11) is 0. The molecule has 0 bridgehead atoms. The quantitative estimate of drug-likeness (QED) is 0.899. The van der Waals surface area contributed by atoms with Gasteiger partial charge in [-0.15, -0.1) is 0 Å². The zero-order chi connectivity index (χ0) is 13.8. The third-order valence-corrected chi connectivity index (χ3v) is 2.10. The Morgan fingerprint density at radius 3 is 2.50 bits per heavy atom. The molecular weight excluding hydrogens is 243 g/mol. The molecular formula is C13H16F3NO. The van der Waals surface area contributed by atoms with Crippen LogP contribution in [0.3, 0.4) is 0 Å². The Labute approximate surface area is 104 Å². The summed E-state index contributed by atoms with van der Waals surface area (Å²) in [6, 6.07) is 4.87. The Kier molecular flexibility index (Phi) is 4.78. The number of ether oxygens (including phenoxy) is 1. The van der Waals surface area contributed by atoms with Gasteiger partial charge < -0.3 is 10.5 Å². The van der Waals surface area contributed by atoms with E-state index in [1.165, 1.54) is 6.08 Å².